The fraction of sp³-hybridized carbons (Fsp3) is 0.250. The van der Waals surface area contributed by atoms with Gasteiger partial charge in [0.25, 0.3) is 5.69 Å². The van der Waals surface area contributed by atoms with E-state index in [0.29, 0.717) is 0 Å². The normalized spacial score (nSPS) is 10.2. The van der Waals surface area contributed by atoms with Crippen molar-refractivity contribution in [2.45, 2.75) is 13.1 Å². The highest BCUT2D eigenvalue weighted by Crippen LogP contribution is 2.30. The molecule has 90 valence electrons. The molecule has 0 amide bonds. The quantitative estimate of drug-likeness (QED) is 0.445. The summed E-state index contributed by atoms with van der Waals surface area (Å²) in [6, 6.07) is 3.68. The number of para-hydroxylation sites is 1. The van der Waals surface area contributed by atoms with Crippen LogP contribution in [-0.4, -0.2) is 14.8 Å². The van der Waals surface area contributed by atoms with Gasteiger partial charge in [0.1, 0.15) is 9.85 Å². The maximum Gasteiger partial charge on any atom is 0.483 e. The van der Waals surface area contributed by atoms with Crippen molar-refractivity contribution >= 4 is 5.69 Å². The van der Waals surface area contributed by atoms with Crippen molar-refractivity contribution in [3.05, 3.63) is 59.7 Å². The highest BCUT2D eigenvalue weighted by atomic mass is 16.7. The molecule has 0 heterocycles. The van der Waals surface area contributed by atoms with E-state index in [2.05, 4.69) is 0 Å². The standard InChI is InChI=1S/C8H7N3O6/c1-5-3-2-4-6(7(5)9(12)13)8(10(14)15)11(16)17/h2-4,8H,1H3. The molecule has 9 nitrogen and oxygen atoms in total. The molecule has 9 heteroatoms. The number of nitrogens with zero attached hydrogens (tertiary/aromatic N) is 3. The number of hydrogen-bond acceptors (Lipinski definition) is 6. The fourth-order valence-corrected chi connectivity index (χ4v) is 1.44. The summed E-state index contributed by atoms with van der Waals surface area (Å²) in [5, 5.41) is 31.9. The van der Waals surface area contributed by atoms with Crippen molar-refractivity contribution in [3.8, 4) is 0 Å². The second-order valence-electron chi connectivity index (χ2n) is 3.21. The van der Waals surface area contributed by atoms with Gasteiger partial charge in [0.05, 0.1) is 4.92 Å². The van der Waals surface area contributed by atoms with Crippen molar-refractivity contribution in [3.63, 3.8) is 0 Å². The first-order chi connectivity index (χ1) is 7.86. The summed E-state index contributed by atoms with van der Waals surface area (Å²) in [7, 11) is 0. The van der Waals surface area contributed by atoms with Gasteiger partial charge in [-0.15, -0.1) is 0 Å². The first-order valence-electron chi connectivity index (χ1n) is 4.37. The molecule has 0 fully saturated rings. The van der Waals surface area contributed by atoms with Crippen LogP contribution in [0.3, 0.4) is 0 Å². The van der Waals surface area contributed by atoms with E-state index in [-0.39, 0.29) is 5.56 Å². The molecule has 0 atom stereocenters. The molecule has 0 N–H and O–H groups in total. The summed E-state index contributed by atoms with van der Waals surface area (Å²) in [5.41, 5.74) is -0.975. The predicted molar refractivity (Wildman–Crippen MR) is 54.6 cm³/mol. The zero-order valence-corrected chi connectivity index (χ0v) is 8.60. The smallest absolute Gasteiger partial charge is 0.258 e. The average molecular weight is 241 g/mol. The van der Waals surface area contributed by atoms with Gasteiger partial charge in [-0.1, -0.05) is 12.1 Å². The third-order valence-corrected chi connectivity index (χ3v) is 2.13. The van der Waals surface area contributed by atoms with E-state index < -0.39 is 32.2 Å². The van der Waals surface area contributed by atoms with E-state index >= 15 is 0 Å². The summed E-state index contributed by atoms with van der Waals surface area (Å²) in [5.74, 6) is 0. The predicted octanol–water partition coefficient (Wildman–Crippen LogP) is 1.46. The lowest BCUT2D eigenvalue weighted by atomic mass is 10.1. The molecule has 0 aliphatic rings. The number of benzene rings is 1. The Morgan fingerprint density at radius 1 is 1.06 bits per heavy atom. The minimum atomic E-state index is -2.32. The molecular weight excluding hydrogens is 234 g/mol. The van der Waals surface area contributed by atoms with Crippen molar-refractivity contribution in [2.24, 2.45) is 0 Å². The molecule has 0 radical (unpaired) electrons. The molecule has 0 saturated heterocycles. The summed E-state index contributed by atoms with van der Waals surface area (Å²) in [6.07, 6.45) is -2.32. The molecule has 17 heavy (non-hydrogen) atoms. The number of rotatable bonds is 4. The first kappa shape index (κ1) is 12.5. The van der Waals surface area contributed by atoms with Crippen molar-refractivity contribution in [1.82, 2.24) is 0 Å². The first-order valence-corrected chi connectivity index (χ1v) is 4.37. The minimum Gasteiger partial charge on any atom is -0.258 e. The van der Waals surface area contributed by atoms with Crippen LogP contribution in [0.5, 0.6) is 0 Å². The molecule has 0 aliphatic carbocycles. The minimum absolute atomic E-state index is 0.140. The lowest BCUT2D eigenvalue weighted by molar-refractivity contribution is -0.753. The van der Waals surface area contributed by atoms with Gasteiger partial charge >= 0.3 is 6.17 Å². The van der Waals surface area contributed by atoms with E-state index in [0.717, 1.165) is 6.07 Å². The van der Waals surface area contributed by atoms with E-state index in [4.69, 9.17) is 0 Å². The van der Waals surface area contributed by atoms with E-state index in [1.54, 1.807) is 0 Å². The van der Waals surface area contributed by atoms with E-state index in [1.807, 2.05) is 0 Å². The highest BCUT2D eigenvalue weighted by Gasteiger charge is 2.41. The van der Waals surface area contributed by atoms with Gasteiger partial charge in [-0.05, 0) is 13.0 Å². The SMILES string of the molecule is Cc1cccc(C([N+](=O)[O-])[N+](=O)[O-])c1[N+](=O)[O-]. The van der Waals surface area contributed by atoms with Crippen molar-refractivity contribution in [1.29, 1.82) is 0 Å². The molecule has 0 bridgehead atoms. The molecule has 0 saturated carbocycles. The Balaban J connectivity index is 3.48. The van der Waals surface area contributed by atoms with Gasteiger partial charge in [-0.3, -0.25) is 30.3 Å². The largest absolute Gasteiger partial charge is 0.483 e. The monoisotopic (exact) mass is 241 g/mol. The third kappa shape index (κ3) is 2.33. The van der Waals surface area contributed by atoms with Crippen LogP contribution in [0.2, 0.25) is 0 Å². The van der Waals surface area contributed by atoms with Crippen LogP contribution in [-0.2, 0) is 0 Å². The molecule has 0 aliphatic heterocycles. The Kier molecular flexibility index (Phi) is 3.31. The van der Waals surface area contributed by atoms with Crippen molar-refractivity contribution in [2.75, 3.05) is 0 Å². The lowest BCUT2D eigenvalue weighted by Crippen LogP contribution is -2.21. The van der Waals surface area contributed by atoms with Gasteiger partial charge < -0.3 is 0 Å². The maximum absolute atomic E-state index is 10.8. The maximum atomic E-state index is 10.8. The number of hydrogen-bond donors (Lipinski definition) is 0. The number of nitro benzene ring substituents is 1. The van der Waals surface area contributed by atoms with E-state index in [9.17, 15) is 30.3 Å². The van der Waals surface area contributed by atoms with Gasteiger partial charge in [0.2, 0.25) is 0 Å². The van der Waals surface area contributed by atoms with Gasteiger partial charge in [-0.25, -0.2) is 0 Å². The van der Waals surface area contributed by atoms with Crippen molar-refractivity contribution < 1.29 is 14.8 Å². The van der Waals surface area contributed by atoms with E-state index in [1.165, 1.54) is 19.1 Å². The molecule has 1 aromatic carbocycles. The van der Waals surface area contributed by atoms with Crippen LogP contribution in [0.25, 0.3) is 0 Å². The van der Waals surface area contributed by atoms with Crippen LogP contribution in [0.15, 0.2) is 18.2 Å². The zero-order valence-electron chi connectivity index (χ0n) is 8.60. The van der Waals surface area contributed by atoms with Crippen LogP contribution in [0, 0.1) is 37.3 Å². The molecule has 0 spiro atoms. The second kappa shape index (κ2) is 4.51. The fourth-order valence-electron chi connectivity index (χ4n) is 1.44. The summed E-state index contributed by atoms with van der Waals surface area (Å²) < 4.78 is 0. The molecule has 0 aromatic heterocycles. The van der Waals surface area contributed by atoms with Gasteiger partial charge in [-0.2, -0.15) is 0 Å². The summed E-state index contributed by atoms with van der Waals surface area (Å²) in [4.78, 5) is 28.7. The Morgan fingerprint density at radius 3 is 2.00 bits per heavy atom. The van der Waals surface area contributed by atoms with Gasteiger partial charge in [0.15, 0.2) is 5.56 Å². The zero-order chi connectivity index (χ0) is 13.2. The summed E-state index contributed by atoms with van der Waals surface area (Å²) in [6.45, 7) is 1.36. The highest BCUT2D eigenvalue weighted by molar-refractivity contribution is 5.47. The number of nitro groups is 3. The Morgan fingerprint density at radius 2 is 1.59 bits per heavy atom. The average Bonchev–Trinajstić information content (AvgIpc) is 2.15. The lowest BCUT2D eigenvalue weighted by Gasteiger charge is -2.04. The molecule has 1 aromatic rings. The molecule has 1 rings (SSSR count). The topological polar surface area (TPSA) is 129 Å². The van der Waals surface area contributed by atoms with Crippen LogP contribution >= 0.6 is 0 Å². The Labute approximate surface area is 94.1 Å². The Hall–Kier alpha value is -2.58. The Bertz CT molecular complexity index is 486. The van der Waals surface area contributed by atoms with Crippen LogP contribution in [0.4, 0.5) is 5.69 Å². The molecular formula is C8H7N3O6. The molecule has 0 unspecified atom stereocenters. The van der Waals surface area contributed by atoms with Crippen LogP contribution in [0.1, 0.15) is 17.3 Å². The number of aryl methyl sites for hydroxylation is 1. The second-order valence-corrected chi connectivity index (χ2v) is 3.21. The van der Waals surface area contributed by atoms with Gasteiger partial charge in [0, 0.05) is 5.56 Å². The van der Waals surface area contributed by atoms with Crippen LogP contribution < -0.4 is 0 Å². The summed E-state index contributed by atoms with van der Waals surface area (Å²) >= 11 is 0. The third-order valence-electron chi connectivity index (χ3n) is 2.13.